The van der Waals surface area contributed by atoms with E-state index in [4.69, 9.17) is 14.2 Å². The number of amides is 2. The van der Waals surface area contributed by atoms with E-state index in [0.717, 1.165) is 22.4 Å². The van der Waals surface area contributed by atoms with Gasteiger partial charge in [-0.25, -0.2) is 0 Å². The van der Waals surface area contributed by atoms with Gasteiger partial charge in [0.05, 0.1) is 27.8 Å². The molecule has 190 valence electrons. The minimum Gasteiger partial charge on any atom is -0.497 e. The Morgan fingerprint density at radius 3 is 2.11 bits per heavy atom. The number of methoxy groups -OCH3 is 3. The third-order valence-electron chi connectivity index (χ3n) is 6.04. The molecule has 0 spiro atoms. The fraction of sp³-hybridized carbons (Fsp3) is 0.310. The van der Waals surface area contributed by atoms with Gasteiger partial charge in [0.15, 0.2) is 11.5 Å². The van der Waals surface area contributed by atoms with E-state index in [1.807, 2.05) is 60.7 Å². The number of carbonyl (C=O) groups is 2. The molecule has 0 heterocycles. The van der Waals surface area contributed by atoms with Gasteiger partial charge in [-0.2, -0.15) is 0 Å². The molecule has 3 rings (SSSR count). The molecule has 3 aromatic carbocycles. The van der Waals surface area contributed by atoms with Crippen molar-refractivity contribution < 1.29 is 23.8 Å². The van der Waals surface area contributed by atoms with Gasteiger partial charge < -0.3 is 24.4 Å². The van der Waals surface area contributed by atoms with E-state index in [1.54, 1.807) is 45.3 Å². The van der Waals surface area contributed by atoms with Gasteiger partial charge in [-0.15, -0.1) is 0 Å². The standard InChI is InChI=1S/C29H34N2O5/c1-21(29(33)30-17-16-22-10-13-25(34-2)14-11-22)31(20-23-8-6-5-7-9-23)28(32)19-24-12-15-26(35-3)27(18-24)36-4/h5-15,18,21H,16-17,19-20H2,1-4H3,(H,30,33)/t21-/m0/s1. The summed E-state index contributed by atoms with van der Waals surface area (Å²) in [6, 6.07) is 22.2. The second-order valence-electron chi connectivity index (χ2n) is 8.44. The molecule has 36 heavy (non-hydrogen) atoms. The SMILES string of the molecule is COc1ccc(CCNC(=O)[C@H](C)N(Cc2ccccc2)C(=O)Cc2ccc(OC)c(OC)c2)cc1. The van der Waals surface area contributed by atoms with Crippen molar-refractivity contribution in [1.29, 1.82) is 0 Å². The molecule has 0 saturated carbocycles. The maximum Gasteiger partial charge on any atom is 0.242 e. The fourth-order valence-electron chi connectivity index (χ4n) is 3.90. The molecule has 0 unspecified atom stereocenters. The van der Waals surface area contributed by atoms with Crippen molar-refractivity contribution in [2.75, 3.05) is 27.9 Å². The molecule has 7 nitrogen and oxygen atoms in total. The summed E-state index contributed by atoms with van der Waals surface area (Å²) in [5, 5.41) is 2.98. The number of hydrogen-bond donors (Lipinski definition) is 1. The van der Waals surface area contributed by atoms with Gasteiger partial charge in [0.1, 0.15) is 11.8 Å². The normalized spacial score (nSPS) is 11.3. The molecule has 0 aromatic heterocycles. The maximum atomic E-state index is 13.4. The van der Waals surface area contributed by atoms with E-state index in [2.05, 4.69) is 5.32 Å². The molecule has 0 aliphatic rings. The molecule has 0 aliphatic heterocycles. The first-order valence-electron chi connectivity index (χ1n) is 11.9. The zero-order chi connectivity index (χ0) is 25.9. The van der Waals surface area contributed by atoms with Crippen molar-refractivity contribution in [3.05, 3.63) is 89.5 Å². The Labute approximate surface area is 213 Å². The van der Waals surface area contributed by atoms with Gasteiger partial charge in [-0.1, -0.05) is 48.5 Å². The first kappa shape index (κ1) is 26.6. The predicted molar refractivity (Wildman–Crippen MR) is 139 cm³/mol. The van der Waals surface area contributed by atoms with E-state index in [-0.39, 0.29) is 18.2 Å². The molecule has 7 heteroatoms. The van der Waals surface area contributed by atoms with Crippen LogP contribution in [0.4, 0.5) is 0 Å². The topological polar surface area (TPSA) is 77.1 Å². The van der Waals surface area contributed by atoms with E-state index in [1.165, 1.54) is 0 Å². The number of hydrogen-bond acceptors (Lipinski definition) is 5. The Morgan fingerprint density at radius 2 is 1.47 bits per heavy atom. The summed E-state index contributed by atoms with van der Waals surface area (Å²) >= 11 is 0. The van der Waals surface area contributed by atoms with E-state index < -0.39 is 6.04 Å². The minimum atomic E-state index is -0.645. The van der Waals surface area contributed by atoms with Crippen molar-refractivity contribution >= 4 is 11.8 Å². The van der Waals surface area contributed by atoms with Crippen LogP contribution in [-0.4, -0.2) is 50.6 Å². The van der Waals surface area contributed by atoms with E-state index in [0.29, 0.717) is 31.0 Å². The molecule has 0 bridgehead atoms. The summed E-state index contributed by atoms with van der Waals surface area (Å²) in [4.78, 5) is 28.1. The quantitative estimate of drug-likeness (QED) is 0.415. The Hall–Kier alpha value is -4.00. The predicted octanol–water partition coefficient (Wildman–Crippen LogP) is 4.03. The van der Waals surface area contributed by atoms with Crippen LogP contribution in [0.1, 0.15) is 23.6 Å². The zero-order valence-corrected chi connectivity index (χ0v) is 21.3. The van der Waals surface area contributed by atoms with Crippen molar-refractivity contribution in [2.24, 2.45) is 0 Å². The highest BCUT2D eigenvalue weighted by Crippen LogP contribution is 2.28. The lowest BCUT2D eigenvalue weighted by Gasteiger charge is -2.29. The molecule has 1 atom stereocenters. The second kappa shape index (κ2) is 13.2. The summed E-state index contributed by atoms with van der Waals surface area (Å²) < 4.78 is 15.9. The van der Waals surface area contributed by atoms with Gasteiger partial charge in [0.2, 0.25) is 11.8 Å². The molecule has 2 amide bonds. The second-order valence-corrected chi connectivity index (χ2v) is 8.44. The van der Waals surface area contributed by atoms with Crippen LogP contribution in [-0.2, 0) is 29.0 Å². The third-order valence-corrected chi connectivity index (χ3v) is 6.04. The summed E-state index contributed by atoms with van der Waals surface area (Å²) in [5.74, 6) is 1.60. The molecule has 0 aliphatic carbocycles. The molecule has 1 N–H and O–H groups in total. The highest BCUT2D eigenvalue weighted by atomic mass is 16.5. The molecule has 0 saturated heterocycles. The number of benzene rings is 3. The van der Waals surface area contributed by atoms with Crippen LogP contribution in [0.2, 0.25) is 0 Å². The van der Waals surface area contributed by atoms with Crippen molar-refractivity contribution in [3.63, 3.8) is 0 Å². The van der Waals surface area contributed by atoms with Crippen LogP contribution < -0.4 is 19.5 Å². The lowest BCUT2D eigenvalue weighted by atomic mass is 10.1. The number of nitrogens with one attached hydrogen (secondary N) is 1. The van der Waals surface area contributed by atoms with E-state index in [9.17, 15) is 9.59 Å². The van der Waals surface area contributed by atoms with Crippen LogP contribution in [0.3, 0.4) is 0 Å². The Balaban J connectivity index is 1.69. The number of carbonyl (C=O) groups excluding carboxylic acids is 2. The van der Waals surface area contributed by atoms with Crippen LogP contribution in [0.25, 0.3) is 0 Å². The summed E-state index contributed by atoms with van der Waals surface area (Å²) in [6.07, 6.45) is 0.817. The maximum absolute atomic E-state index is 13.4. The van der Waals surface area contributed by atoms with Gasteiger partial charge in [-0.05, 0) is 54.3 Å². The van der Waals surface area contributed by atoms with Crippen LogP contribution in [0.15, 0.2) is 72.8 Å². The van der Waals surface area contributed by atoms with Crippen molar-refractivity contribution in [1.82, 2.24) is 10.2 Å². The Kier molecular flexibility index (Phi) is 9.74. The third kappa shape index (κ3) is 7.25. The Morgan fingerprint density at radius 1 is 0.806 bits per heavy atom. The highest BCUT2D eigenvalue weighted by Gasteiger charge is 2.26. The smallest absolute Gasteiger partial charge is 0.242 e. The monoisotopic (exact) mass is 490 g/mol. The van der Waals surface area contributed by atoms with Gasteiger partial charge in [-0.3, -0.25) is 9.59 Å². The Bertz CT molecular complexity index is 1130. The average molecular weight is 491 g/mol. The first-order valence-corrected chi connectivity index (χ1v) is 11.9. The lowest BCUT2D eigenvalue weighted by molar-refractivity contribution is -0.140. The van der Waals surface area contributed by atoms with Gasteiger partial charge in [0.25, 0.3) is 0 Å². The van der Waals surface area contributed by atoms with Gasteiger partial charge >= 0.3 is 0 Å². The largest absolute Gasteiger partial charge is 0.497 e. The van der Waals surface area contributed by atoms with Crippen molar-refractivity contribution in [2.45, 2.75) is 32.4 Å². The molecule has 0 radical (unpaired) electrons. The molecule has 3 aromatic rings. The van der Waals surface area contributed by atoms with Gasteiger partial charge in [0, 0.05) is 13.1 Å². The average Bonchev–Trinajstić information content (AvgIpc) is 2.92. The number of nitrogens with zero attached hydrogens (tertiary/aromatic N) is 1. The summed E-state index contributed by atoms with van der Waals surface area (Å²) in [6.45, 7) is 2.57. The summed E-state index contributed by atoms with van der Waals surface area (Å²) in [5.41, 5.74) is 2.83. The number of rotatable bonds is 12. The number of ether oxygens (including phenoxy) is 3. The van der Waals surface area contributed by atoms with Crippen LogP contribution >= 0.6 is 0 Å². The van der Waals surface area contributed by atoms with Crippen molar-refractivity contribution in [3.8, 4) is 17.2 Å². The minimum absolute atomic E-state index is 0.136. The van der Waals surface area contributed by atoms with Crippen LogP contribution in [0.5, 0.6) is 17.2 Å². The first-order chi connectivity index (χ1) is 17.4. The van der Waals surface area contributed by atoms with E-state index >= 15 is 0 Å². The van der Waals surface area contributed by atoms with Crippen LogP contribution in [0, 0.1) is 0 Å². The summed E-state index contributed by atoms with van der Waals surface area (Å²) in [7, 11) is 4.76. The molecular weight excluding hydrogens is 456 g/mol. The molecular formula is C29H34N2O5. The molecule has 0 fully saturated rings. The lowest BCUT2D eigenvalue weighted by Crippen LogP contribution is -2.48. The zero-order valence-electron chi connectivity index (χ0n) is 21.3. The highest BCUT2D eigenvalue weighted by molar-refractivity contribution is 5.88. The fourth-order valence-corrected chi connectivity index (χ4v) is 3.90.